The van der Waals surface area contributed by atoms with E-state index in [1.807, 2.05) is 78.9 Å². The van der Waals surface area contributed by atoms with Crippen molar-refractivity contribution < 1.29 is 5.48 Å². The number of hydrogen-bond acceptors (Lipinski definition) is 3. The van der Waals surface area contributed by atoms with Gasteiger partial charge < -0.3 is 9.13 Å². The quantitative estimate of drug-likeness (QED) is 0.184. The molecule has 1 aliphatic rings. The Bertz CT molecular complexity index is 3450. The third-order valence-corrected chi connectivity index (χ3v) is 12.1. The first-order valence-corrected chi connectivity index (χ1v) is 18.6. The van der Waals surface area contributed by atoms with Crippen molar-refractivity contribution in [2.75, 3.05) is 0 Å². The van der Waals surface area contributed by atoms with Crippen molar-refractivity contribution in [3.05, 3.63) is 169 Å². The van der Waals surface area contributed by atoms with E-state index in [9.17, 15) is 1.37 Å². The Hall–Kier alpha value is -6.56. The van der Waals surface area contributed by atoms with Crippen LogP contribution in [0.2, 0.25) is 0 Å². The number of thiophene rings is 1. The van der Waals surface area contributed by atoms with E-state index >= 15 is 0 Å². The van der Waals surface area contributed by atoms with Crippen molar-refractivity contribution in [2.24, 2.45) is 0 Å². The third-order valence-electron chi connectivity index (χ3n) is 10.9. The highest BCUT2D eigenvalue weighted by Crippen LogP contribution is 2.49. The standard InChI is InChI=1S/C48H30N4S/c1-28-32-18-11-19-37-44-36-17-5-9-23-43(36)53-48(44)52(46(32)37)42-25-24-29(27-38(28)42)45-35-16-2-6-20-39(35)49-47(50-45)30-12-10-13-31(26-30)51-40-21-7-3-14-33(40)34-15-4-8-22-41(34)51/h2-28H,1H3/i1D3,28D. The molecule has 11 aromatic rings. The van der Waals surface area contributed by atoms with Crippen molar-refractivity contribution in [2.45, 2.75) is 12.7 Å². The average Bonchev–Trinajstić information content (AvgIpc) is 3.89. The summed E-state index contributed by atoms with van der Waals surface area (Å²) in [7, 11) is 0. The van der Waals surface area contributed by atoms with Gasteiger partial charge in [-0.05, 0) is 59.7 Å². The number of rotatable bonds is 3. The lowest BCUT2D eigenvalue weighted by Gasteiger charge is -2.26. The van der Waals surface area contributed by atoms with Crippen molar-refractivity contribution in [1.82, 2.24) is 19.1 Å². The summed E-state index contributed by atoms with van der Waals surface area (Å²) in [6, 6.07) is 53.2. The second-order valence-corrected chi connectivity index (χ2v) is 14.8. The molecule has 4 nitrogen and oxygen atoms in total. The van der Waals surface area contributed by atoms with Crippen LogP contribution < -0.4 is 0 Å². The van der Waals surface area contributed by atoms with Crippen LogP contribution in [0.15, 0.2) is 158 Å². The van der Waals surface area contributed by atoms with Crippen LogP contribution in [0.1, 0.15) is 29.4 Å². The minimum Gasteiger partial charge on any atom is -0.309 e. The number of para-hydroxylation sites is 4. The van der Waals surface area contributed by atoms with Gasteiger partial charge in [0.05, 0.1) is 33.4 Å². The topological polar surface area (TPSA) is 35.6 Å². The van der Waals surface area contributed by atoms with E-state index in [0.717, 1.165) is 70.0 Å². The summed E-state index contributed by atoms with van der Waals surface area (Å²) >= 11 is 1.69. The summed E-state index contributed by atoms with van der Waals surface area (Å²) in [6.07, 6.45) is 0. The summed E-state index contributed by atoms with van der Waals surface area (Å²) in [5.41, 5.74) is 8.65. The molecule has 5 heteroatoms. The average molecular weight is 699 g/mol. The largest absolute Gasteiger partial charge is 0.309 e. The zero-order valence-corrected chi connectivity index (χ0v) is 29.0. The van der Waals surface area contributed by atoms with E-state index < -0.39 is 12.7 Å². The first-order chi connectivity index (χ1) is 27.8. The van der Waals surface area contributed by atoms with Crippen LogP contribution in [0.4, 0.5) is 0 Å². The van der Waals surface area contributed by atoms with Crippen molar-refractivity contribution in [3.63, 3.8) is 0 Å². The van der Waals surface area contributed by atoms with Crippen LogP contribution in [-0.2, 0) is 0 Å². The zero-order chi connectivity index (χ0) is 38.2. The first kappa shape index (κ1) is 25.4. The minimum atomic E-state index is -2.67. The third kappa shape index (κ3) is 4.00. The van der Waals surface area contributed by atoms with Crippen LogP contribution in [0, 0.1) is 0 Å². The van der Waals surface area contributed by atoms with Crippen molar-refractivity contribution >= 4 is 75.3 Å². The molecule has 248 valence electrons. The van der Waals surface area contributed by atoms with E-state index in [1.165, 1.54) is 10.8 Å². The molecule has 4 aromatic heterocycles. The van der Waals surface area contributed by atoms with Crippen LogP contribution in [0.5, 0.6) is 0 Å². The van der Waals surface area contributed by atoms with Gasteiger partial charge in [-0.3, -0.25) is 0 Å². The van der Waals surface area contributed by atoms with Crippen LogP contribution in [0.25, 0.3) is 97.9 Å². The number of hydrogen-bond donors (Lipinski definition) is 0. The first-order valence-electron chi connectivity index (χ1n) is 19.8. The summed E-state index contributed by atoms with van der Waals surface area (Å²) in [6.45, 7) is -2.67. The zero-order valence-electron chi connectivity index (χ0n) is 32.2. The Labute approximate surface area is 314 Å². The number of nitrogens with zero attached hydrogens (tertiary/aromatic N) is 4. The van der Waals surface area contributed by atoms with Gasteiger partial charge in [0, 0.05) is 65.2 Å². The fraction of sp³-hybridized carbons (Fsp3) is 0.0417. The van der Waals surface area contributed by atoms with Gasteiger partial charge in [-0.2, -0.15) is 0 Å². The second kappa shape index (κ2) is 10.7. The summed E-state index contributed by atoms with van der Waals surface area (Å²) in [5.74, 6) is -1.48. The molecule has 0 fully saturated rings. The molecular formula is C48H30N4S. The molecule has 1 unspecified atom stereocenters. The molecule has 1 atom stereocenters. The Morgan fingerprint density at radius 1 is 0.585 bits per heavy atom. The van der Waals surface area contributed by atoms with Gasteiger partial charge in [-0.1, -0.05) is 116 Å². The molecule has 7 aromatic carbocycles. The Balaban J connectivity index is 1.09. The predicted molar refractivity (Wildman–Crippen MR) is 222 cm³/mol. The molecule has 0 bridgehead atoms. The lowest BCUT2D eigenvalue weighted by molar-refractivity contribution is 0.882. The molecule has 0 saturated heterocycles. The SMILES string of the molecule is [2H]C([2H])([2H])C1([2H])c2cc(-c3nc(-c4cccc(-n5c6ccccc6c6ccccc65)c4)nc4ccccc34)ccc2-n2c3sc4ccccc4c3c3cccc1c32. The van der Waals surface area contributed by atoms with Crippen molar-refractivity contribution in [1.29, 1.82) is 0 Å². The van der Waals surface area contributed by atoms with Gasteiger partial charge >= 0.3 is 0 Å². The molecular weight excluding hydrogens is 665 g/mol. The number of fused-ring (bicyclic) bond motifs is 11. The monoisotopic (exact) mass is 698 g/mol. The summed E-state index contributed by atoms with van der Waals surface area (Å²) in [4.78, 5) is 11.4. The Morgan fingerprint density at radius 2 is 1.30 bits per heavy atom. The number of aromatic nitrogens is 4. The maximum absolute atomic E-state index is 10.1. The Kier molecular flexibility index (Phi) is 5.14. The predicted octanol–water partition coefficient (Wildman–Crippen LogP) is 12.8. The molecule has 0 saturated carbocycles. The maximum Gasteiger partial charge on any atom is 0.160 e. The maximum atomic E-state index is 10.1. The highest BCUT2D eigenvalue weighted by atomic mass is 32.1. The molecule has 0 aliphatic carbocycles. The van der Waals surface area contributed by atoms with Gasteiger partial charge in [0.2, 0.25) is 0 Å². The lowest BCUT2D eigenvalue weighted by atomic mass is 9.86. The Morgan fingerprint density at radius 3 is 2.13 bits per heavy atom. The van der Waals surface area contributed by atoms with E-state index in [-0.39, 0.29) is 0 Å². The molecule has 5 heterocycles. The van der Waals surface area contributed by atoms with E-state index in [4.69, 9.17) is 14.1 Å². The van der Waals surface area contributed by atoms with Crippen LogP contribution in [-0.4, -0.2) is 19.1 Å². The molecule has 0 N–H and O–H groups in total. The smallest absolute Gasteiger partial charge is 0.160 e. The molecule has 0 spiro atoms. The highest BCUT2D eigenvalue weighted by Gasteiger charge is 2.29. The van der Waals surface area contributed by atoms with Gasteiger partial charge in [0.1, 0.15) is 4.83 Å². The molecule has 12 rings (SSSR count). The summed E-state index contributed by atoms with van der Waals surface area (Å²) < 4.78 is 42.5. The minimum absolute atomic E-state index is 0.424. The van der Waals surface area contributed by atoms with E-state index in [1.54, 1.807) is 11.3 Å². The summed E-state index contributed by atoms with van der Waals surface area (Å²) in [5, 5.41) is 6.40. The molecule has 53 heavy (non-hydrogen) atoms. The van der Waals surface area contributed by atoms with Crippen LogP contribution >= 0.6 is 11.3 Å². The van der Waals surface area contributed by atoms with Crippen molar-refractivity contribution in [3.8, 4) is 34.0 Å². The highest BCUT2D eigenvalue weighted by molar-refractivity contribution is 7.25. The van der Waals surface area contributed by atoms with Gasteiger partial charge in [-0.15, -0.1) is 11.3 Å². The van der Waals surface area contributed by atoms with Crippen LogP contribution in [0.3, 0.4) is 0 Å². The molecule has 1 aliphatic heterocycles. The fourth-order valence-electron chi connectivity index (χ4n) is 8.60. The molecule has 0 amide bonds. The molecule has 0 radical (unpaired) electrons. The van der Waals surface area contributed by atoms with Gasteiger partial charge in [0.25, 0.3) is 0 Å². The second-order valence-electron chi connectivity index (χ2n) is 13.8. The number of benzene rings is 7. The normalized spacial score (nSPS) is 16.7. The van der Waals surface area contributed by atoms with Gasteiger partial charge in [0.15, 0.2) is 5.82 Å². The van der Waals surface area contributed by atoms with Gasteiger partial charge in [-0.25, -0.2) is 9.97 Å². The van der Waals surface area contributed by atoms with E-state index in [2.05, 4.69) is 88.0 Å². The fourth-order valence-corrected chi connectivity index (χ4v) is 9.84. The lowest BCUT2D eigenvalue weighted by Crippen LogP contribution is -2.11. The van der Waals surface area contributed by atoms with E-state index in [0.29, 0.717) is 28.3 Å².